The Hall–Kier alpha value is -1.38. The van der Waals surface area contributed by atoms with Gasteiger partial charge in [-0.2, -0.15) is 0 Å². The summed E-state index contributed by atoms with van der Waals surface area (Å²) >= 11 is 0. The van der Waals surface area contributed by atoms with E-state index in [2.05, 4.69) is 0 Å². The van der Waals surface area contributed by atoms with Crippen LogP contribution in [0.2, 0.25) is 0 Å². The molecule has 0 saturated heterocycles. The van der Waals surface area contributed by atoms with Crippen LogP contribution in [0.25, 0.3) is 0 Å². The minimum absolute atomic E-state index is 0.243. The zero-order valence-corrected chi connectivity index (χ0v) is 8.36. The molecule has 0 N–H and O–H groups in total. The van der Waals surface area contributed by atoms with Gasteiger partial charge in [0, 0.05) is 6.42 Å². The van der Waals surface area contributed by atoms with Crippen LogP contribution in [0.1, 0.15) is 29.6 Å². The summed E-state index contributed by atoms with van der Waals surface area (Å²) in [5, 5.41) is 0. The lowest BCUT2D eigenvalue weighted by molar-refractivity contribution is 0.0305. The summed E-state index contributed by atoms with van der Waals surface area (Å²) in [7, 11) is 0. The number of hydrogen-bond donors (Lipinski definition) is 0. The standard InChI is InChI=1S/C12H13FO2/c13-10-6-7-11(8-10)15-12(14)9-4-2-1-3-5-9/h1-5,10-11H,6-8H2. The summed E-state index contributed by atoms with van der Waals surface area (Å²) in [5.41, 5.74) is 0.528. The van der Waals surface area contributed by atoms with E-state index in [-0.39, 0.29) is 12.1 Å². The molecule has 0 amide bonds. The second-order valence-electron chi connectivity index (χ2n) is 3.80. The van der Waals surface area contributed by atoms with Crippen LogP contribution < -0.4 is 0 Å². The predicted molar refractivity (Wildman–Crippen MR) is 54.4 cm³/mol. The molecule has 80 valence electrons. The molecule has 1 aliphatic carbocycles. The first-order valence-electron chi connectivity index (χ1n) is 5.16. The quantitative estimate of drug-likeness (QED) is 0.698. The summed E-state index contributed by atoms with van der Waals surface area (Å²) in [6.07, 6.45) is 0.441. The van der Waals surface area contributed by atoms with Gasteiger partial charge in [-0.15, -0.1) is 0 Å². The van der Waals surface area contributed by atoms with Gasteiger partial charge in [-0.25, -0.2) is 9.18 Å². The monoisotopic (exact) mass is 208 g/mol. The van der Waals surface area contributed by atoms with Crippen LogP contribution in [0.15, 0.2) is 30.3 Å². The normalized spacial score (nSPS) is 25.1. The van der Waals surface area contributed by atoms with Crippen molar-refractivity contribution in [3.8, 4) is 0 Å². The highest BCUT2D eigenvalue weighted by atomic mass is 19.1. The Bertz CT molecular complexity index is 337. The van der Waals surface area contributed by atoms with Crippen molar-refractivity contribution in [1.29, 1.82) is 0 Å². The van der Waals surface area contributed by atoms with Gasteiger partial charge >= 0.3 is 5.97 Å². The SMILES string of the molecule is O=C(OC1CCC(F)C1)c1ccccc1. The summed E-state index contributed by atoms with van der Waals surface area (Å²) < 4.78 is 18.0. The molecule has 0 aliphatic heterocycles. The highest BCUT2D eigenvalue weighted by Gasteiger charge is 2.27. The molecule has 2 rings (SSSR count). The number of alkyl halides is 1. The van der Waals surface area contributed by atoms with E-state index >= 15 is 0 Å². The van der Waals surface area contributed by atoms with Crippen molar-refractivity contribution in [2.45, 2.75) is 31.5 Å². The van der Waals surface area contributed by atoms with Crippen LogP contribution in [-0.2, 0) is 4.74 Å². The number of carbonyl (C=O) groups is 1. The maximum atomic E-state index is 12.8. The molecule has 0 aromatic heterocycles. The Morgan fingerprint density at radius 3 is 2.60 bits per heavy atom. The van der Waals surface area contributed by atoms with Gasteiger partial charge in [-0.05, 0) is 25.0 Å². The molecule has 0 bridgehead atoms. The minimum atomic E-state index is -0.807. The fraction of sp³-hybridized carbons (Fsp3) is 0.417. The Morgan fingerprint density at radius 2 is 2.00 bits per heavy atom. The number of benzene rings is 1. The third-order valence-corrected chi connectivity index (χ3v) is 2.60. The van der Waals surface area contributed by atoms with Crippen LogP contribution in [0, 0.1) is 0 Å². The smallest absolute Gasteiger partial charge is 0.338 e. The van der Waals surface area contributed by atoms with E-state index < -0.39 is 6.17 Å². The highest BCUT2D eigenvalue weighted by molar-refractivity contribution is 5.89. The molecule has 1 aromatic rings. The molecular formula is C12H13FO2. The van der Waals surface area contributed by atoms with E-state index in [4.69, 9.17) is 4.74 Å². The maximum absolute atomic E-state index is 12.8. The summed E-state index contributed by atoms with van der Waals surface area (Å²) in [6.45, 7) is 0. The zero-order chi connectivity index (χ0) is 10.7. The molecule has 1 aliphatic rings. The minimum Gasteiger partial charge on any atom is -0.459 e. The third kappa shape index (κ3) is 2.55. The van der Waals surface area contributed by atoms with E-state index in [0.717, 1.165) is 0 Å². The first-order valence-corrected chi connectivity index (χ1v) is 5.16. The molecule has 0 heterocycles. The molecule has 1 aromatic carbocycles. The lowest BCUT2D eigenvalue weighted by Crippen LogP contribution is -2.15. The van der Waals surface area contributed by atoms with Crippen LogP contribution >= 0.6 is 0 Å². The predicted octanol–water partition coefficient (Wildman–Crippen LogP) is 2.73. The summed E-state index contributed by atoms with van der Waals surface area (Å²) in [5.74, 6) is -0.352. The Kier molecular flexibility index (Phi) is 2.99. The van der Waals surface area contributed by atoms with Crippen LogP contribution in [0.5, 0.6) is 0 Å². The van der Waals surface area contributed by atoms with Crippen molar-refractivity contribution in [3.05, 3.63) is 35.9 Å². The topological polar surface area (TPSA) is 26.3 Å². The molecule has 0 spiro atoms. The average Bonchev–Trinajstić information content (AvgIpc) is 2.65. The van der Waals surface area contributed by atoms with Gasteiger partial charge in [-0.1, -0.05) is 18.2 Å². The second-order valence-corrected chi connectivity index (χ2v) is 3.80. The molecule has 0 radical (unpaired) electrons. The number of ether oxygens (including phenoxy) is 1. The van der Waals surface area contributed by atoms with Gasteiger partial charge < -0.3 is 4.74 Å². The molecule has 1 fully saturated rings. The highest BCUT2D eigenvalue weighted by Crippen LogP contribution is 2.25. The van der Waals surface area contributed by atoms with Crippen LogP contribution in [-0.4, -0.2) is 18.2 Å². The van der Waals surface area contributed by atoms with E-state index in [1.807, 2.05) is 6.07 Å². The van der Waals surface area contributed by atoms with E-state index in [9.17, 15) is 9.18 Å². The first-order chi connectivity index (χ1) is 7.25. The molecule has 2 unspecified atom stereocenters. The fourth-order valence-electron chi connectivity index (χ4n) is 1.79. The molecule has 2 nitrogen and oxygen atoms in total. The Balaban J connectivity index is 1.93. The van der Waals surface area contributed by atoms with Crippen LogP contribution in [0.4, 0.5) is 4.39 Å². The number of esters is 1. The Morgan fingerprint density at radius 1 is 1.27 bits per heavy atom. The second kappa shape index (κ2) is 4.43. The van der Waals surface area contributed by atoms with Gasteiger partial charge in [0.15, 0.2) is 0 Å². The number of halogens is 1. The van der Waals surface area contributed by atoms with Crippen molar-refractivity contribution in [1.82, 2.24) is 0 Å². The zero-order valence-electron chi connectivity index (χ0n) is 8.36. The average molecular weight is 208 g/mol. The van der Waals surface area contributed by atoms with Gasteiger partial charge in [-0.3, -0.25) is 0 Å². The van der Waals surface area contributed by atoms with E-state index in [1.54, 1.807) is 24.3 Å². The molecule has 1 saturated carbocycles. The van der Waals surface area contributed by atoms with Crippen molar-refractivity contribution in [2.75, 3.05) is 0 Å². The molecule has 3 heteroatoms. The summed E-state index contributed by atoms with van der Waals surface area (Å²) in [6, 6.07) is 8.80. The fourth-order valence-corrected chi connectivity index (χ4v) is 1.79. The largest absolute Gasteiger partial charge is 0.459 e. The molecule has 2 atom stereocenters. The van der Waals surface area contributed by atoms with E-state index in [1.165, 1.54) is 0 Å². The van der Waals surface area contributed by atoms with Crippen molar-refractivity contribution in [2.24, 2.45) is 0 Å². The first kappa shape index (κ1) is 10.1. The van der Waals surface area contributed by atoms with Gasteiger partial charge in [0.25, 0.3) is 0 Å². The molecule has 15 heavy (non-hydrogen) atoms. The van der Waals surface area contributed by atoms with Crippen molar-refractivity contribution in [3.63, 3.8) is 0 Å². The number of carbonyl (C=O) groups excluding carboxylic acids is 1. The number of rotatable bonds is 2. The third-order valence-electron chi connectivity index (χ3n) is 2.60. The lowest BCUT2D eigenvalue weighted by atomic mass is 10.2. The van der Waals surface area contributed by atoms with Crippen molar-refractivity contribution < 1.29 is 13.9 Å². The van der Waals surface area contributed by atoms with Crippen LogP contribution in [0.3, 0.4) is 0 Å². The Labute approximate surface area is 88.1 Å². The maximum Gasteiger partial charge on any atom is 0.338 e. The number of hydrogen-bond acceptors (Lipinski definition) is 2. The van der Waals surface area contributed by atoms with E-state index in [0.29, 0.717) is 24.8 Å². The molecular weight excluding hydrogens is 195 g/mol. The van der Waals surface area contributed by atoms with Gasteiger partial charge in [0.05, 0.1) is 5.56 Å². The van der Waals surface area contributed by atoms with Crippen molar-refractivity contribution >= 4 is 5.97 Å². The summed E-state index contributed by atoms with van der Waals surface area (Å²) in [4.78, 5) is 11.6. The van der Waals surface area contributed by atoms with Gasteiger partial charge in [0.1, 0.15) is 12.3 Å². The lowest BCUT2D eigenvalue weighted by Gasteiger charge is -2.10. The van der Waals surface area contributed by atoms with Gasteiger partial charge in [0.2, 0.25) is 0 Å².